The number of anilines is 1. The lowest BCUT2D eigenvalue weighted by Gasteiger charge is -2.23. The predicted molar refractivity (Wildman–Crippen MR) is 93.5 cm³/mol. The Morgan fingerprint density at radius 3 is 3.08 bits per heavy atom. The molecule has 1 unspecified atom stereocenters. The molecular formula is C16H14N6OS. The standard InChI is InChI=1S/C16H14N6OS/c23-14-9-8-17-21-13(9)19-16(20-14)22-7-3-5-11(22)15-18-10-4-1-2-6-12(10)24-15/h1-2,4,6,8,11H,3,5,7H2,(H2,17,19,20,21,23). The summed E-state index contributed by atoms with van der Waals surface area (Å²) in [4.78, 5) is 26.6. The zero-order valence-corrected chi connectivity index (χ0v) is 13.5. The maximum Gasteiger partial charge on any atom is 0.263 e. The van der Waals surface area contributed by atoms with Gasteiger partial charge in [-0.1, -0.05) is 12.1 Å². The molecule has 4 heterocycles. The van der Waals surface area contributed by atoms with Gasteiger partial charge in [0.1, 0.15) is 10.4 Å². The summed E-state index contributed by atoms with van der Waals surface area (Å²) in [5.41, 5.74) is 1.37. The Labute approximate surface area is 140 Å². The topological polar surface area (TPSA) is 90.6 Å². The van der Waals surface area contributed by atoms with Gasteiger partial charge in [0.15, 0.2) is 5.65 Å². The largest absolute Gasteiger partial charge is 0.333 e. The summed E-state index contributed by atoms with van der Waals surface area (Å²) in [5.74, 6) is 0.582. The Hall–Kier alpha value is -2.74. The number of thiazole rings is 1. The molecule has 1 aromatic carbocycles. The second-order valence-corrected chi connectivity index (χ2v) is 6.96. The molecule has 1 aliphatic heterocycles. The number of para-hydroxylation sites is 1. The molecule has 1 aliphatic rings. The zero-order valence-electron chi connectivity index (χ0n) is 12.7. The van der Waals surface area contributed by atoms with E-state index < -0.39 is 0 Å². The molecule has 24 heavy (non-hydrogen) atoms. The van der Waals surface area contributed by atoms with E-state index in [4.69, 9.17) is 4.98 Å². The molecule has 0 aliphatic carbocycles. The van der Waals surface area contributed by atoms with Crippen molar-refractivity contribution in [2.75, 3.05) is 11.4 Å². The average molecular weight is 338 g/mol. The van der Waals surface area contributed by atoms with Crippen molar-refractivity contribution in [3.63, 3.8) is 0 Å². The van der Waals surface area contributed by atoms with Crippen molar-refractivity contribution < 1.29 is 0 Å². The first kappa shape index (κ1) is 13.7. The first-order valence-corrected chi connectivity index (χ1v) is 8.67. The Morgan fingerprint density at radius 2 is 2.17 bits per heavy atom. The van der Waals surface area contributed by atoms with Crippen molar-refractivity contribution >= 4 is 38.5 Å². The van der Waals surface area contributed by atoms with Gasteiger partial charge in [-0.3, -0.25) is 14.9 Å². The van der Waals surface area contributed by atoms with Gasteiger partial charge in [0.05, 0.1) is 22.5 Å². The third kappa shape index (κ3) is 2.03. The molecule has 3 aromatic heterocycles. The SMILES string of the molecule is O=c1[nH]c(N2CCCC2c2nc3ccccc3s2)nc2[nH]ncc12. The van der Waals surface area contributed by atoms with Gasteiger partial charge >= 0.3 is 0 Å². The molecular weight excluding hydrogens is 324 g/mol. The second kappa shape index (κ2) is 5.13. The van der Waals surface area contributed by atoms with Crippen molar-refractivity contribution in [2.45, 2.75) is 18.9 Å². The number of benzene rings is 1. The number of hydrogen-bond acceptors (Lipinski definition) is 6. The Kier molecular flexibility index (Phi) is 2.93. The van der Waals surface area contributed by atoms with Crippen LogP contribution in [0.5, 0.6) is 0 Å². The lowest BCUT2D eigenvalue weighted by molar-refractivity contribution is 0.698. The van der Waals surface area contributed by atoms with Crippen LogP contribution in [0.25, 0.3) is 21.3 Å². The highest BCUT2D eigenvalue weighted by molar-refractivity contribution is 7.18. The highest BCUT2D eigenvalue weighted by atomic mass is 32.1. The van der Waals surface area contributed by atoms with Crippen molar-refractivity contribution in [1.29, 1.82) is 0 Å². The number of nitrogens with one attached hydrogen (secondary N) is 2. The van der Waals surface area contributed by atoms with Gasteiger partial charge in [0.2, 0.25) is 5.95 Å². The van der Waals surface area contributed by atoms with Crippen LogP contribution in [0.1, 0.15) is 23.9 Å². The average Bonchev–Trinajstić information content (AvgIpc) is 3.32. The van der Waals surface area contributed by atoms with Crippen molar-refractivity contribution in [3.8, 4) is 0 Å². The Balaban J connectivity index is 1.59. The van der Waals surface area contributed by atoms with E-state index in [0.29, 0.717) is 17.0 Å². The Morgan fingerprint density at radius 1 is 1.25 bits per heavy atom. The fourth-order valence-electron chi connectivity index (χ4n) is 3.28. The molecule has 1 fully saturated rings. The smallest absolute Gasteiger partial charge is 0.263 e. The van der Waals surface area contributed by atoms with Crippen LogP contribution in [0.15, 0.2) is 35.3 Å². The number of aromatic nitrogens is 5. The quantitative estimate of drug-likeness (QED) is 0.586. The lowest BCUT2D eigenvalue weighted by atomic mass is 10.2. The Bertz CT molecular complexity index is 1060. The van der Waals surface area contributed by atoms with Crippen LogP contribution in [0, 0.1) is 0 Å². The van der Waals surface area contributed by atoms with E-state index in [1.54, 1.807) is 11.3 Å². The molecule has 0 saturated carbocycles. The molecule has 5 rings (SSSR count). The minimum absolute atomic E-state index is 0.144. The molecule has 0 bridgehead atoms. The fraction of sp³-hybridized carbons (Fsp3) is 0.250. The maximum absolute atomic E-state index is 12.2. The molecule has 0 spiro atoms. The monoisotopic (exact) mass is 338 g/mol. The summed E-state index contributed by atoms with van der Waals surface area (Å²) in [5, 5.41) is 8.23. The van der Waals surface area contributed by atoms with Crippen molar-refractivity contribution in [2.24, 2.45) is 0 Å². The molecule has 120 valence electrons. The summed E-state index contributed by atoms with van der Waals surface area (Å²) >= 11 is 1.71. The van der Waals surface area contributed by atoms with Crippen molar-refractivity contribution in [3.05, 3.63) is 45.8 Å². The van der Waals surface area contributed by atoms with E-state index in [1.165, 1.54) is 10.9 Å². The minimum Gasteiger partial charge on any atom is -0.333 e. The number of hydrogen-bond donors (Lipinski definition) is 2. The normalized spacial score (nSPS) is 18.0. The molecule has 8 heteroatoms. The van der Waals surface area contributed by atoms with Crippen LogP contribution < -0.4 is 10.5 Å². The number of H-pyrrole nitrogens is 2. The summed E-state index contributed by atoms with van der Waals surface area (Å²) in [7, 11) is 0. The van der Waals surface area contributed by atoms with E-state index in [2.05, 4.69) is 31.1 Å². The number of rotatable bonds is 2. The molecule has 7 nitrogen and oxygen atoms in total. The van der Waals surface area contributed by atoms with Gasteiger partial charge in [0.25, 0.3) is 5.56 Å². The van der Waals surface area contributed by atoms with E-state index in [9.17, 15) is 4.79 Å². The van der Waals surface area contributed by atoms with Crippen LogP contribution >= 0.6 is 11.3 Å². The first-order chi connectivity index (χ1) is 11.8. The lowest BCUT2D eigenvalue weighted by Crippen LogP contribution is -2.27. The third-order valence-corrected chi connectivity index (χ3v) is 5.56. The van der Waals surface area contributed by atoms with Crippen molar-refractivity contribution in [1.82, 2.24) is 25.1 Å². The maximum atomic E-state index is 12.2. The van der Waals surface area contributed by atoms with E-state index in [-0.39, 0.29) is 11.6 Å². The van der Waals surface area contributed by atoms with Crippen LogP contribution in [0.4, 0.5) is 5.95 Å². The number of nitrogens with zero attached hydrogens (tertiary/aromatic N) is 4. The fourth-order valence-corrected chi connectivity index (χ4v) is 4.39. The molecule has 0 amide bonds. The van der Waals surface area contributed by atoms with E-state index in [0.717, 1.165) is 29.9 Å². The van der Waals surface area contributed by atoms with E-state index >= 15 is 0 Å². The van der Waals surface area contributed by atoms with Gasteiger partial charge in [-0.25, -0.2) is 4.98 Å². The predicted octanol–water partition coefficient (Wildman–Crippen LogP) is 2.60. The molecule has 1 atom stereocenters. The van der Waals surface area contributed by atoms with Crippen LogP contribution in [-0.4, -0.2) is 31.7 Å². The van der Waals surface area contributed by atoms with Gasteiger partial charge in [-0.2, -0.15) is 10.1 Å². The highest BCUT2D eigenvalue weighted by Gasteiger charge is 2.30. The molecule has 4 aromatic rings. The second-order valence-electron chi connectivity index (χ2n) is 5.89. The van der Waals surface area contributed by atoms with Crippen LogP contribution in [0.2, 0.25) is 0 Å². The van der Waals surface area contributed by atoms with Gasteiger partial charge in [0, 0.05) is 6.54 Å². The van der Waals surface area contributed by atoms with Gasteiger partial charge in [-0.05, 0) is 25.0 Å². The van der Waals surface area contributed by atoms with Crippen LogP contribution in [0.3, 0.4) is 0 Å². The van der Waals surface area contributed by atoms with E-state index in [1.807, 2.05) is 18.2 Å². The number of fused-ring (bicyclic) bond motifs is 2. The minimum atomic E-state index is -0.168. The third-order valence-electron chi connectivity index (χ3n) is 4.43. The molecule has 1 saturated heterocycles. The summed E-state index contributed by atoms with van der Waals surface area (Å²) < 4.78 is 1.19. The molecule has 0 radical (unpaired) electrons. The molecule has 2 N–H and O–H groups in total. The zero-order chi connectivity index (χ0) is 16.1. The summed E-state index contributed by atoms with van der Waals surface area (Å²) in [6.45, 7) is 0.850. The highest BCUT2D eigenvalue weighted by Crippen LogP contribution is 2.37. The van der Waals surface area contributed by atoms with Gasteiger partial charge < -0.3 is 4.90 Å². The number of aromatic amines is 2. The van der Waals surface area contributed by atoms with Crippen LogP contribution in [-0.2, 0) is 0 Å². The summed E-state index contributed by atoms with van der Waals surface area (Å²) in [6, 6.07) is 8.30. The first-order valence-electron chi connectivity index (χ1n) is 7.85. The van der Waals surface area contributed by atoms with Gasteiger partial charge in [-0.15, -0.1) is 11.3 Å². The summed E-state index contributed by atoms with van der Waals surface area (Å²) in [6.07, 6.45) is 3.55.